The van der Waals surface area contributed by atoms with E-state index in [-0.39, 0.29) is 16.3 Å². The molecule has 0 saturated heterocycles. The average molecular weight is 857 g/mol. The summed E-state index contributed by atoms with van der Waals surface area (Å²) in [6.45, 7) is 2.05. The van der Waals surface area contributed by atoms with Crippen LogP contribution in [0.1, 0.15) is 24.0 Å². The maximum Gasteiger partial charge on any atom is 0.271 e. The third-order valence-electron chi connectivity index (χ3n) is 9.15. The Bertz CT molecular complexity index is 2730. The van der Waals surface area contributed by atoms with Crippen LogP contribution in [0.25, 0.3) is 21.8 Å². The smallest absolute Gasteiger partial charge is 0.271 e. The minimum Gasteiger partial charge on any atom is -0.399 e. The highest BCUT2D eigenvalue weighted by Gasteiger charge is 2.33. The number of hydrogen-bond donors (Lipinski definition) is 3. The first-order valence-corrected chi connectivity index (χ1v) is 19.3. The monoisotopic (exact) mass is 855 g/mol. The number of aryl methyl sites for hydroxylation is 2. The summed E-state index contributed by atoms with van der Waals surface area (Å²) in [7, 11) is 0. The summed E-state index contributed by atoms with van der Waals surface area (Å²) < 4.78 is 0. The molecule has 306 valence electrons. The van der Waals surface area contributed by atoms with Crippen molar-refractivity contribution in [3.8, 4) is 12.1 Å². The van der Waals surface area contributed by atoms with Gasteiger partial charge in [-0.25, -0.2) is 0 Å². The molecule has 0 amide bonds. The number of rotatable bonds is 2. The Morgan fingerprint density at radius 2 is 1.11 bits per heavy atom. The zero-order valence-corrected chi connectivity index (χ0v) is 33.7. The van der Waals surface area contributed by atoms with E-state index in [1.165, 1.54) is 53.9 Å². The summed E-state index contributed by atoms with van der Waals surface area (Å²) in [5.74, 6) is -1.79. The molecule has 61 heavy (non-hydrogen) atoms. The second-order valence-corrected chi connectivity index (χ2v) is 13.9. The number of benzene rings is 4. The number of carbonyl (C=O) groups excluding carboxylic acids is 2. The fourth-order valence-electron chi connectivity index (χ4n) is 6.09. The van der Waals surface area contributed by atoms with Crippen molar-refractivity contribution in [3.05, 3.63) is 168 Å². The van der Waals surface area contributed by atoms with Crippen molar-refractivity contribution in [1.82, 2.24) is 9.97 Å². The van der Waals surface area contributed by atoms with E-state index in [1.54, 1.807) is 36.7 Å². The molecule has 4 N–H and O–H groups in total. The molecular weight excluding hydrogens is 821 g/mol. The number of nitrogen functional groups attached to an aromatic ring is 1. The van der Waals surface area contributed by atoms with Gasteiger partial charge in [0.05, 0.1) is 20.9 Å². The number of aromatic nitrogens is 2. The topological polar surface area (TPSA) is 244 Å². The van der Waals surface area contributed by atoms with Crippen LogP contribution in [0.3, 0.4) is 0 Å². The Morgan fingerprint density at radius 3 is 1.67 bits per heavy atom. The van der Waals surface area contributed by atoms with E-state index in [0.717, 1.165) is 53.6 Å². The van der Waals surface area contributed by atoms with E-state index in [4.69, 9.17) is 39.5 Å². The molecule has 4 heterocycles. The molecule has 0 radical (unpaired) electrons. The van der Waals surface area contributed by atoms with Gasteiger partial charge in [0, 0.05) is 77.6 Å². The van der Waals surface area contributed by atoms with Crippen molar-refractivity contribution in [2.45, 2.75) is 25.7 Å². The minimum atomic E-state index is -0.893. The van der Waals surface area contributed by atoms with Crippen molar-refractivity contribution < 1.29 is 19.4 Å². The molecular formula is C44H35Cl2N9O6. The molecule has 2 aromatic heterocycles. The molecule has 0 unspecified atom stereocenters. The van der Waals surface area contributed by atoms with Crippen molar-refractivity contribution in [3.63, 3.8) is 0 Å². The number of nitrogens with one attached hydrogen (secondary N) is 2. The van der Waals surface area contributed by atoms with Crippen molar-refractivity contribution in [1.29, 1.82) is 10.5 Å². The molecule has 3 aliphatic rings. The lowest BCUT2D eigenvalue weighted by Crippen LogP contribution is -2.18. The first-order chi connectivity index (χ1) is 29.4. The van der Waals surface area contributed by atoms with Crippen LogP contribution in [0.2, 0.25) is 0 Å². The molecule has 0 spiro atoms. The van der Waals surface area contributed by atoms with Gasteiger partial charge in [-0.05, 0) is 73.2 Å². The summed E-state index contributed by atoms with van der Waals surface area (Å²) in [5, 5.41) is 45.5. The van der Waals surface area contributed by atoms with Crippen molar-refractivity contribution in [2.75, 3.05) is 29.5 Å². The van der Waals surface area contributed by atoms with Crippen LogP contribution >= 0.6 is 23.2 Å². The lowest BCUT2D eigenvalue weighted by Gasteiger charge is -2.16. The molecule has 0 atom stereocenters. The van der Waals surface area contributed by atoms with Crippen LogP contribution in [0.4, 0.5) is 28.4 Å². The van der Waals surface area contributed by atoms with Gasteiger partial charge in [-0.15, -0.1) is 0 Å². The molecule has 0 bridgehead atoms. The largest absolute Gasteiger partial charge is 0.399 e. The van der Waals surface area contributed by atoms with Crippen molar-refractivity contribution >= 4 is 85.0 Å². The van der Waals surface area contributed by atoms with Crippen LogP contribution < -0.4 is 16.4 Å². The van der Waals surface area contributed by atoms with Crippen LogP contribution in [0.5, 0.6) is 0 Å². The predicted octanol–water partition coefficient (Wildman–Crippen LogP) is 9.13. The summed E-state index contributed by atoms with van der Waals surface area (Å²) >= 11 is 10.8. The Hall–Kier alpha value is -7.72. The standard InChI is InChI=1S/C9H10N2O2.C9H6N2O2.C9H8N2.C9H11N.C8Cl2N2O2/c2*12-11(13)8-4-3-7-2-1-5-10-9(7)6-8;10-8-4-3-7-2-1-5-11-9(7)6-8;1-2-6-9-8(4-1)5-3-7-10-9;9-5-6(10)8(14)4(2-12)3(1-11)7(5)13/h3-4,6,10H,1-2,5H2;1-6H;1-6H,10H2;1-2,4,6,10H,3,5,7H2;. The molecule has 0 saturated carbocycles. The van der Waals surface area contributed by atoms with Gasteiger partial charge in [0.2, 0.25) is 11.6 Å². The van der Waals surface area contributed by atoms with E-state index in [1.807, 2.05) is 42.5 Å². The van der Waals surface area contributed by atoms with Crippen LogP contribution in [-0.4, -0.2) is 44.5 Å². The Morgan fingerprint density at radius 1 is 0.623 bits per heavy atom. The lowest BCUT2D eigenvalue weighted by molar-refractivity contribution is -0.384. The first kappa shape index (κ1) is 44.4. The van der Waals surface area contributed by atoms with Crippen molar-refractivity contribution in [2.24, 2.45) is 0 Å². The SMILES string of the molecule is N#CC1=C(C#N)C(=O)C(Cl)=C(Cl)C1=O.Nc1ccc2cccnc2c1.O=[N+]([O-])c1ccc2c(c1)NCCC2.O=[N+]([O-])c1ccc2cccnc2c1.c1ccc2c(c1)CCCN2. The number of ketones is 2. The molecule has 2 aliphatic heterocycles. The number of non-ortho nitro benzene ring substituents is 2. The number of anilines is 3. The van der Waals surface area contributed by atoms with E-state index in [0.29, 0.717) is 5.52 Å². The van der Waals surface area contributed by atoms with E-state index >= 15 is 0 Å². The number of hydrogen-bond acceptors (Lipinski definition) is 13. The van der Waals surface area contributed by atoms with Gasteiger partial charge in [-0.1, -0.05) is 65.7 Å². The summed E-state index contributed by atoms with van der Waals surface area (Å²) in [4.78, 5) is 50.7. The van der Waals surface area contributed by atoms with Gasteiger partial charge < -0.3 is 16.4 Å². The molecule has 17 heteroatoms. The highest BCUT2D eigenvalue weighted by Crippen LogP contribution is 2.29. The number of pyridine rings is 2. The fourth-order valence-corrected chi connectivity index (χ4v) is 6.45. The molecule has 15 nitrogen and oxygen atoms in total. The quantitative estimate of drug-likeness (QED) is 0.0637. The maximum absolute atomic E-state index is 11.2. The maximum atomic E-state index is 11.2. The Balaban J connectivity index is 0.000000145. The number of para-hydroxylation sites is 1. The Kier molecular flexibility index (Phi) is 15.5. The zero-order chi connectivity index (χ0) is 43.9. The zero-order valence-electron chi connectivity index (χ0n) is 32.2. The van der Waals surface area contributed by atoms with E-state index < -0.39 is 37.7 Å². The second kappa shape index (κ2) is 21.3. The second-order valence-electron chi connectivity index (χ2n) is 13.2. The third-order valence-corrected chi connectivity index (χ3v) is 9.97. The van der Waals surface area contributed by atoms with Gasteiger partial charge >= 0.3 is 0 Å². The number of nitriles is 2. The normalized spacial score (nSPS) is 13.5. The lowest BCUT2D eigenvalue weighted by atomic mass is 9.96. The van der Waals surface area contributed by atoms with Gasteiger partial charge in [0.25, 0.3) is 11.4 Å². The van der Waals surface area contributed by atoms with Gasteiger partial charge in [0.15, 0.2) is 0 Å². The summed E-state index contributed by atoms with van der Waals surface area (Å²) in [5.41, 5.74) is 11.9. The average Bonchev–Trinajstić information content (AvgIpc) is 3.30. The van der Waals surface area contributed by atoms with Gasteiger partial charge in [-0.3, -0.25) is 39.8 Å². The Labute approximate surface area is 359 Å². The molecule has 4 aromatic carbocycles. The molecule has 1 aliphatic carbocycles. The molecule has 0 fully saturated rings. The predicted molar refractivity (Wildman–Crippen MR) is 235 cm³/mol. The summed E-state index contributed by atoms with van der Waals surface area (Å²) in [6.07, 6.45) is 8.01. The van der Waals surface area contributed by atoms with Crippen LogP contribution in [-0.2, 0) is 22.4 Å². The number of Topliss-reactive ketones (excluding diaryl/α,β-unsaturated/α-hetero) is 2. The number of halogens is 2. The number of carbonyl (C=O) groups is 2. The highest BCUT2D eigenvalue weighted by atomic mass is 35.5. The summed E-state index contributed by atoms with van der Waals surface area (Å²) in [6, 6.07) is 34.4. The minimum absolute atomic E-state index is 0.0752. The van der Waals surface area contributed by atoms with E-state index in [2.05, 4.69) is 44.9 Å². The number of nitro groups is 2. The fraction of sp³-hybridized carbons (Fsp3) is 0.136. The van der Waals surface area contributed by atoms with Gasteiger partial charge in [-0.2, -0.15) is 10.5 Å². The number of nitro benzene ring substituents is 2. The van der Waals surface area contributed by atoms with Crippen LogP contribution in [0, 0.1) is 42.9 Å². The van der Waals surface area contributed by atoms with Gasteiger partial charge in [0.1, 0.15) is 33.3 Å². The molecule has 9 rings (SSSR count). The third kappa shape index (κ3) is 11.7. The number of fused-ring (bicyclic) bond motifs is 4. The highest BCUT2D eigenvalue weighted by molar-refractivity contribution is 6.59. The number of nitrogens with two attached hydrogens (primary N) is 1. The van der Waals surface area contributed by atoms with Crippen LogP contribution in [0.15, 0.2) is 137 Å². The number of nitrogens with zero attached hydrogens (tertiary/aromatic N) is 6. The number of allylic oxidation sites excluding steroid dienone is 4. The first-order valence-electron chi connectivity index (χ1n) is 18.5. The van der Waals surface area contributed by atoms with E-state index in [9.17, 15) is 29.8 Å². The molecule has 6 aromatic rings.